The molecule has 2 aromatic rings. The molecule has 1 nitrogen and oxygen atoms in total. The first kappa shape index (κ1) is 12.5. The van der Waals surface area contributed by atoms with Crippen LogP contribution in [0.2, 0.25) is 0 Å². The van der Waals surface area contributed by atoms with Crippen LogP contribution in [0.5, 0.6) is 0 Å². The van der Waals surface area contributed by atoms with E-state index in [1.165, 1.54) is 17.8 Å². The van der Waals surface area contributed by atoms with Crippen LogP contribution in [-0.2, 0) is 0 Å². The molecule has 0 amide bonds. The lowest BCUT2D eigenvalue weighted by Gasteiger charge is -1.99. The summed E-state index contributed by atoms with van der Waals surface area (Å²) in [5.41, 5.74) is 6.57. The lowest BCUT2D eigenvalue weighted by molar-refractivity contribution is 0.629. The number of nitrogens with two attached hydrogens (primary N) is 1. The van der Waals surface area contributed by atoms with Crippen LogP contribution >= 0.6 is 11.8 Å². The van der Waals surface area contributed by atoms with Gasteiger partial charge in [-0.2, -0.15) is 0 Å². The minimum Gasteiger partial charge on any atom is -0.396 e. The number of benzene rings is 2. The molecular formula is C15H12FNS. The van der Waals surface area contributed by atoms with E-state index in [1.807, 2.05) is 30.3 Å². The van der Waals surface area contributed by atoms with Gasteiger partial charge in [-0.15, -0.1) is 11.8 Å². The molecule has 18 heavy (non-hydrogen) atoms. The van der Waals surface area contributed by atoms with Crippen molar-refractivity contribution in [3.8, 4) is 11.8 Å². The highest BCUT2D eigenvalue weighted by atomic mass is 32.2. The lowest BCUT2D eigenvalue weighted by Crippen LogP contribution is -1.89. The molecule has 0 saturated carbocycles. The summed E-state index contributed by atoms with van der Waals surface area (Å²) in [5.74, 6) is 6.34. The Morgan fingerprint density at radius 3 is 2.61 bits per heavy atom. The van der Waals surface area contributed by atoms with Crippen LogP contribution in [0.4, 0.5) is 10.1 Å². The van der Waals surface area contributed by atoms with E-state index in [9.17, 15) is 4.39 Å². The van der Waals surface area contributed by atoms with E-state index < -0.39 is 0 Å². The third-order valence-electron chi connectivity index (χ3n) is 2.29. The highest BCUT2D eigenvalue weighted by Gasteiger charge is 1.99. The minimum atomic E-state index is -0.379. The molecular weight excluding hydrogens is 245 g/mol. The summed E-state index contributed by atoms with van der Waals surface area (Å²) in [6.07, 6.45) is 0. The molecule has 3 heteroatoms. The summed E-state index contributed by atoms with van der Waals surface area (Å²) in [7, 11) is 0. The number of anilines is 1. The third-order valence-corrected chi connectivity index (χ3v) is 3.17. The fourth-order valence-corrected chi connectivity index (χ4v) is 2.04. The van der Waals surface area contributed by atoms with Gasteiger partial charge in [0.15, 0.2) is 0 Å². The van der Waals surface area contributed by atoms with Crippen molar-refractivity contribution < 1.29 is 4.39 Å². The average Bonchev–Trinajstić information content (AvgIpc) is 2.40. The summed E-state index contributed by atoms with van der Waals surface area (Å²) in [6, 6.07) is 14.6. The molecule has 2 N–H and O–H groups in total. The number of halogens is 1. The summed E-state index contributed by atoms with van der Waals surface area (Å²) >= 11 is 1.49. The molecule has 0 atom stereocenters. The molecule has 0 aliphatic carbocycles. The molecule has 0 radical (unpaired) electrons. The highest BCUT2D eigenvalue weighted by Crippen LogP contribution is 2.21. The normalized spacial score (nSPS) is 9.61. The molecule has 0 saturated heterocycles. The molecule has 0 unspecified atom stereocenters. The maximum Gasteiger partial charge on any atom is 0.147 e. The second kappa shape index (κ2) is 6.13. The summed E-state index contributed by atoms with van der Waals surface area (Å²) < 4.78 is 13.2. The Bertz CT molecular complexity index is 584. The minimum absolute atomic E-state index is 0.176. The molecule has 0 bridgehead atoms. The average molecular weight is 257 g/mol. The number of hydrogen-bond donors (Lipinski definition) is 1. The zero-order valence-electron chi connectivity index (χ0n) is 9.69. The first-order valence-corrected chi connectivity index (χ1v) is 6.46. The second-order valence-corrected chi connectivity index (χ2v) is 4.69. The van der Waals surface area contributed by atoms with Crippen LogP contribution < -0.4 is 5.73 Å². The van der Waals surface area contributed by atoms with Crippen molar-refractivity contribution in [3.05, 3.63) is 59.9 Å². The maximum absolute atomic E-state index is 13.2. The van der Waals surface area contributed by atoms with Gasteiger partial charge in [0.1, 0.15) is 5.82 Å². The smallest absolute Gasteiger partial charge is 0.147 e. The van der Waals surface area contributed by atoms with Crippen molar-refractivity contribution >= 4 is 17.4 Å². The van der Waals surface area contributed by atoms with Crippen molar-refractivity contribution in [2.75, 3.05) is 11.5 Å². The molecule has 0 aliphatic heterocycles. The standard InChI is InChI=1S/C15H12FNS/c16-14-11-13(8-9-15(14)17)18-10-4-7-12-5-2-1-3-6-12/h1-3,5-6,8-9,11H,10,17H2. The van der Waals surface area contributed by atoms with Crippen molar-refractivity contribution in [2.45, 2.75) is 4.90 Å². The molecule has 0 fully saturated rings. The van der Waals surface area contributed by atoms with Gasteiger partial charge in [-0.1, -0.05) is 30.0 Å². The Kier molecular flexibility index (Phi) is 4.27. The van der Waals surface area contributed by atoms with E-state index in [0.717, 1.165) is 10.5 Å². The van der Waals surface area contributed by atoms with Gasteiger partial charge in [0, 0.05) is 10.5 Å². The van der Waals surface area contributed by atoms with Crippen LogP contribution in [-0.4, -0.2) is 5.75 Å². The molecule has 0 spiro atoms. The molecule has 2 rings (SSSR count). The van der Waals surface area contributed by atoms with E-state index in [0.29, 0.717) is 5.75 Å². The van der Waals surface area contributed by atoms with E-state index in [1.54, 1.807) is 12.1 Å². The number of nitrogen functional groups attached to an aromatic ring is 1. The Morgan fingerprint density at radius 1 is 1.11 bits per heavy atom. The van der Waals surface area contributed by atoms with Gasteiger partial charge >= 0.3 is 0 Å². The molecule has 0 heterocycles. The van der Waals surface area contributed by atoms with Gasteiger partial charge in [0.2, 0.25) is 0 Å². The van der Waals surface area contributed by atoms with Gasteiger partial charge < -0.3 is 5.73 Å². The van der Waals surface area contributed by atoms with Crippen molar-refractivity contribution in [1.82, 2.24) is 0 Å². The Labute approximate surface area is 110 Å². The third kappa shape index (κ3) is 3.54. The van der Waals surface area contributed by atoms with Crippen molar-refractivity contribution in [1.29, 1.82) is 0 Å². The Hall–Kier alpha value is -1.92. The number of thioether (sulfide) groups is 1. The van der Waals surface area contributed by atoms with Crippen LogP contribution in [0.15, 0.2) is 53.4 Å². The Balaban J connectivity index is 1.93. The number of rotatable bonds is 2. The lowest BCUT2D eigenvalue weighted by atomic mass is 10.2. The van der Waals surface area contributed by atoms with E-state index in [4.69, 9.17) is 5.73 Å². The van der Waals surface area contributed by atoms with E-state index in [-0.39, 0.29) is 11.5 Å². The largest absolute Gasteiger partial charge is 0.396 e. The molecule has 90 valence electrons. The molecule has 2 aromatic carbocycles. The Morgan fingerprint density at radius 2 is 1.89 bits per heavy atom. The first-order valence-electron chi connectivity index (χ1n) is 5.47. The summed E-state index contributed by atoms with van der Waals surface area (Å²) in [4.78, 5) is 0.837. The quantitative estimate of drug-likeness (QED) is 0.506. The van der Waals surface area contributed by atoms with Gasteiger partial charge in [-0.05, 0) is 30.3 Å². The first-order chi connectivity index (χ1) is 8.75. The zero-order valence-corrected chi connectivity index (χ0v) is 10.5. The zero-order chi connectivity index (χ0) is 12.8. The molecule has 0 aromatic heterocycles. The van der Waals surface area contributed by atoms with E-state index in [2.05, 4.69) is 11.8 Å². The van der Waals surface area contributed by atoms with Crippen LogP contribution in [0, 0.1) is 17.7 Å². The fraction of sp³-hybridized carbons (Fsp3) is 0.0667. The number of hydrogen-bond acceptors (Lipinski definition) is 2. The van der Waals surface area contributed by atoms with Gasteiger partial charge in [0.05, 0.1) is 11.4 Å². The topological polar surface area (TPSA) is 26.0 Å². The van der Waals surface area contributed by atoms with Crippen molar-refractivity contribution in [2.24, 2.45) is 0 Å². The van der Waals surface area contributed by atoms with Crippen LogP contribution in [0.3, 0.4) is 0 Å². The maximum atomic E-state index is 13.2. The summed E-state index contributed by atoms with van der Waals surface area (Å²) in [6.45, 7) is 0. The predicted octanol–water partition coefficient (Wildman–Crippen LogP) is 3.55. The second-order valence-electron chi connectivity index (χ2n) is 3.64. The molecule has 0 aliphatic rings. The monoisotopic (exact) mass is 257 g/mol. The fourth-order valence-electron chi connectivity index (χ4n) is 1.38. The van der Waals surface area contributed by atoms with E-state index >= 15 is 0 Å². The van der Waals surface area contributed by atoms with Crippen molar-refractivity contribution in [3.63, 3.8) is 0 Å². The predicted molar refractivity (Wildman–Crippen MR) is 74.9 cm³/mol. The highest BCUT2D eigenvalue weighted by molar-refractivity contribution is 7.99. The van der Waals surface area contributed by atoms with Crippen LogP contribution in [0.25, 0.3) is 0 Å². The summed E-state index contributed by atoms with van der Waals surface area (Å²) in [5, 5.41) is 0. The van der Waals surface area contributed by atoms with Crippen LogP contribution in [0.1, 0.15) is 5.56 Å². The van der Waals surface area contributed by atoms with Gasteiger partial charge in [0.25, 0.3) is 0 Å². The van der Waals surface area contributed by atoms with Gasteiger partial charge in [-0.3, -0.25) is 0 Å². The van der Waals surface area contributed by atoms with Gasteiger partial charge in [-0.25, -0.2) is 4.39 Å². The SMILES string of the molecule is Nc1ccc(SCC#Cc2ccccc2)cc1F.